The second-order valence-corrected chi connectivity index (χ2v) is 6.72. The lowest BCUT2D eigenvalue weighted by atomic mass is 9.97. The predicted molar refractivity (Wildman–Crippen MR) is 87.2 cm³/mol. The van der Waals surface area contributed by atoms with E-state index in [9.17, 15) is 4.79 Å². The number of nitrogens with zero attached hydrogens (tertiary/aromatic N) is 3. The van der Waals surface area contributed by atoms with Gasteiger partial charge in [-0.3, -0.25) is 4.79 Å². The number of carbonyl (C=O) groups is 1. The molecule has 0 bridgehead atoms. The van der Waals surface area contributed by atoms with Crippen LogP contribution in [0.2, 0.25) is 5.02 Å². The van der Waals surface area contributed by atoms with Gasteiger partial charge in [0.15, 0.2) is 5.82 Å². The molecular formula is C17H20ClN3O2. The average molecular weight is 334 g/mol. The molecule has 1 fully saturated rings. The van der Waals surface area contributed by atoms with Gasteiger partial charge in [-0.05, 0) is 24.1 Å². The summed E-state index contributed by atoms with van der Waals surface area (Å²) in [6, 6.07) is 7.58. The van der Waals surface area contributed by atoms with Gasteiger partial charge in [-0.25, -0.2) is 0 Å². The first-order valence-corrected chi connectivity index (χ1v) is 8.26. The Kier molecular flexibility index (Phi) is 4.66. The number of carbonyl (C=O) groups excluding carboxylic acids is 1. The first-order chi connectivity index (χ1) is 11.0. The molecule has 1 atom stereocenters. The average Bonchev–Trinajstić information content (AvgIpc) is 3.02. The predicted octanol–water partition coefficient (Wildman–Crippen LogP) is 3.75. The first-order valence-electron chi connectivity index (χ1n) is 7.88. The number of hydrogen-bond donors (Lipinski definition) is 0. The minimum absolute atomic E-state index is 0.111. The highest BCUT2D eigenvalue weighted by Crippen LogP contribution is 2.28. The van der Waals surface area contributed by atoms with Crippen LogP contribution in [0.4, 0.5) is 0 Å². The lowest BCUT2D eigenvalue weighted by Crippen LogP contribution is -2.38. The highest BCUT2D eigenvalue weighted by molar-refractivity contribution is 6.30. The monoisotopic (exact) mass is 333 g/mol. The van der Waals surface area contributed by atoms with Crippen LogP contribution in [0.1, 0.15) is 55.8 Å². The third-order valence-electron chi connectivity index (χ3n) is 4.11. The fourth-order valence-electron chi connectivity index (χ4n) is 2.73. The van der Waals surface area contributed by atoms with E-state index in [4.69, 9.17) is 16.1 Å². The molecule has 2 aromatic rings. The number of benzene rings is 1. The van der Waals surface area contributed by atoms with E-state index in [1.807, 2.05) is 43.0 Å². The van der Waals surface area contributed by atoms with Crippen molar-refractivity contribution in [3.8, 4) is 0 Å². The van der Waals surface area contributed by atoms with Crippen molar-refractivity contribution in [2.24, 2.45) is 0 Å². The van der Waals surface area contributed by atoms with E-state index in [0.29, 0.717) is 30.4 Å². The number of aromatic nitrogens is 2. The fraction of sp³-hybridized carbons (Fsp3) is 0.471. The van der Waals surface area contributed by atoms with Crippen LogP contribution in [0.3, 0.4) is 0 Å². The van der Waals surface area contributed by atoms with Crippen molar-refractivity contribution >= 4 is 17.5 Å². The summed E-state index contributed by atoms with van der Waals surface area (Å²) in [7, 11) is 0. The Morgan fingerprint density at radius 3 is 2.74 bits per heavy atom. The molecule has 1 amide bonds. The minimum Gasteiger partial charge on any atom is -0.339 e. The van der Waals surface area contributed by atoms with Gasteiger partial charge in [0, 0.05) is 30.5 Å². The molecule has 1 unspecified atom stereocenters. The number of hydrogen-bond acceptors (Lipinski definition) is 4. The molecule has 0 spiro atoms. The SMILES string of the molecule is CC(C)c1noc(C2CCC(=O)N(Cc3ccc(Cl)cc3)C2)n1. The van der Waals surface area contributed by atoms with Gasteiger partial charge in [0.05, 0.1) is 5.92 Å². The molecule has 122 valence electrons. The Hall–Kier alpha value is -1.88. The Balaban J connectivity index is 1.70. The molecule has 1 aliphatic rings. The van der Waals surface area contributed by atoms with E-state index in [1.54, 1.807) is 0 Å². The number of likely N-dealkylation sites (tertiary alicyclic amines) is 1. The summed E-state index contributed by atoms with van der Waals surface area (Å²) in [5.41, 5.74) is 1.07. The van der Waals surface area contributed by atoms with E-state index in [1.165, 1.54) is 0 Å². The zero-order chi connectivity index (χ0) is 16.4. The molecule has 0 aliphatic carbocycles. The molecular weight excluding hydrogens is 314 g/mol. The van der Waals surface area contributed by atoms with Crippen LogP contribution in [-0.4, -0.2) is 27.5 Å². The molecule has 6 heteroatoms. The van der Waals surface area contributed by atoms with E-state index in [2.05, 4.69) is 10.1 Å². The van der Waals surface area contributed by atoms with Crippen molar-refractivity contribution in [1.29, 1.82) is 0 Å². The molecule has 23 heavy (non-hydrogen) atoms. The summed E-state index contributed by atoms with van der Waals surface area (Å²) in [5.74, 6) is 1.88. The molecule has 1 aliphatic heterocycles. The van der Waals surface area contributed by atoms with Crippen molar-refractivity contribution in [3.05, 3.63) is 46.6 Å². The van der Waals surface area contributed by atoms with Gasteiger partial charge >= 0.3 is 0 Å². The van der Waals surface area contributed by atoms with Crippen molar-refractivity contribution in [1.82, 2.24) is 15.0 Å². The summed E-state index contributed by atoms with van der Waals surface area (Å²) in [4.78, 5) is 18.5. The van der Waals surface area contributed by atoms with Crippen molar-refractivity contribution < 1.29 is 9.32 Å². The molecule has 0 radical (unpaired) electrons. The van der Waals surface area contributed by atoms with Crippen LogP contribution in [0, 0.1) is 0 Å². The number of rotatable bonds is 4. The van der Waals surface area contributed by atoms with Crippen LogP contribution in [0.15, 0.2) is 28.8 Å². The van der Waals surface area contributed by atoms with Gasteiger partial charge in [0.1, 0.15) is 0 Å². The standard InChI is InChI=1S/C17H20ClN3O2/c1-11(2)16-19-17(23-20-16)13-5-8-15(22)21(10-13)9-12-3-6-14(18)7-4-12/h3-4,6-7,11,13H,5,8-10H2,1-2H3. The van der Waals surface area contributed by atoms with Gasteiger partial charge < -0.3 is 9.42 Å². The molecule has 1 saturated heterocycles. The zero-order valence-electron chi connectivity index (χ0n) is 13.3. The quantitative estimate of drug-likeness (QED) is 0.855. The molecule has 1 aromatic carbocycles. The van der Waals surface area contributed by atoms with Crippen molar-refractivity contribution in [2.45, 2.75) is 45.1 Å². The van der Waals surface area contributed by atoms with Crippen LogP contribution in [-0.2, 0) is 11.3 Å². The Bertz CT molecular complexity index is 681. The highest BCUT2D eigenvalue weighted by atomic mass is 35.5. The molecule has 3 rings (SSSR count). The fourth-order valence-corrected chi connectivity index (χ4v) is 2.85. The normalized spacial score (nSPS) is 18.7. The third kappa shape index (κ3) is 3.72. The number of piperidine rings is 1. The number of amides is 1. The summed E-state index contributed by atoms with van der Waals surface area (Å²) in [6.45, 7) is 5.26. The zero-order valence-corrected chi connectivity index (χ0v) is 14.1. The lowest BCUT2D eigenvalue weighted by Gasteiger charge is -2.31. The van der Waals surface area contributed by atoms with Crippen LogP contribution in [0.5, 0.6) is 0 Å². The second-order valence-electron chi connectivity index (χ2n) is 6.28. The lowest BCUT2D eigenvalue weighted by molar-refractivity contribution is -0.134. The third-order valence-corrected chi connectivity index (χ3v) is 4.36. The van der Waals surface area contributed by atoms with Crippen LogP contribution < -0.4 is 0 Å². The largest absolute Gasteiger partial charge is 0.339 e. The van der Waals surface area contributed by atoms with Gasteiger partial charge in [0.25, 0.3) is 0 Å². The second kappa shape index (κ2) is 6.71. The Morgan fingerprint density at radius 2 is 2.09 bits per heavy atom. The maximum Gasteiger partial charge on any atom is 0.231 e. The van der Waals surface area contributed by atoms with E-state index < -0.39 is 0 Å². The summed E-state index contributed by atoms with van der Waals surface area (Å²) in [6.07, 6.45) is 1.27. The smallest absolute Gasteiger partial charge is 0.231 e. The van der Waals surface area contributed by atoms with Gasteiger partial charge in [-0.2, -0.15) is 4.98 Å². The Labute approximate surface area is 140 Å². The van der Waals surface area contributed by atoms with Gasteiger partial charge in [-0.1, -0.05) is 42.7 Å². The van der Waals surface area contributed by atoms with Crippen LogP contribution >= 0.6 is 11.6 Å². The highest BCUT2D eigenvalue weighted by Gasteiger charge is 2.30. The first kappa shape index (κ1) is 16.0. The maximum absolute atomic E-state index is 12.2. The van der Waals surface area contributed by atoms with Crippen molar-refractivity contribution in [3.63, 3.8) is 0 Å². The molecule has 5 nitrogen and oxygen atoms in total. The van der Waals surface area contributed by atoms with E-state index in [0.717, 1.165) is 17.8 Å². The Morgan fingerprint density at radius 1 is 1.35 bits per heavy atom. The van der Waals surface area contributed by atoms with E-state index >= 15 is 0 Å². The topological polar surface area (TPSA) is 59.2 Å². The minimum atomic E-state index is 0.111. The van der Waals surface area contributed by atoms with Gasteiger partial charge in [0.2, 0.25) is 11.8 Å². The summed E-state index contributed by atoms with van der Waals surface area (Å²) >= 11 is 5.91. The van der Waals surface area contributed by atoms with Crippen LogP contribution in [0.25, 0.3) is 0 Å². The summed E-state index contributed by atoms with van der Waals surface area (Å²) in [5, 5.41) is 4.72. The van der Waals surface area contributed by atoms with E-state index in [-0.39, 0.29) is 17.7 Å². The molecule has 0 N–H and O–H groups in total. The molecule has 2 heterocycles. The summed E-state index contributed by atoms with van der Waals surface area (Å²) < 4.78 is 5.40. The van der Waals surface area contributed by atoms with Crippen molar-refractivity contribution in [2.75, 3.05) is 6.54 Å². The van der Waals surface area contributed by atoms with Gasteiger partial charge in [-0.15, -0.1) is 0 Å². The molecule has 1 aromatic heterocycles. The molecule has 0 saturated carbocycles. The number of halogens is 1. The maximum atomic E-state index is 12.2.